The molecule has 1 aromatic rings. The molecule has 0 saturated heterocycles. The molecule has 0 spiro atoms. The number of rotatable bonds is 1. The lowest BCUT2D eigenvalue weighted by Gasteiger charge is -2.00. The van der Waals surface area contributed by atoms with Crippen molar-refractivity contribution in [2.24, 2.45) is 0 Å². The van der Waals surface area contributed by atoms with Crippen LogP contribution in [0.3, 0.4) is 0 Å². The lowest BCUT2D eigenvalue weighted by atomic mass is 10.2. The highest BCUT2D eigenvalue weighted by molar-refractivity contribution is 6.36. The standard InChI is InChI=1S/C7H5Cl2NO/c8-4-1-6(9)5(3-11)7(10)2-4/h1-3H,10H2. The maximum absolute atomic E-state index is 10.4. The van der Waals surface area contributed by atoms with Crippen LogP contribution in [0.25, 0.3) is 0 Å². The van der Waals surface area contributed by atoms with Crippen LogP contribution >= 0.6 is 23.2 Å². The summed E-state index contributed by atoms with van der Waals surface area (Å²) in [5.74, 6) is 0. The minimum absolute atomic E-state index is 0.282. The second kappa shape index (κ2) is 3.11. The highest BCUT2D eigenvalue weighted by Gasteiger charge is 2.04. The van der Waals surface area contributed by atoms with Gasteiger partial charge in [0.05, 0.1) is 10.6 Å². The van der Waals surface area contributed by atoms with Crippen LogP contribution in [0.4, 0.5) is 5.69 Å². The third-order valence-corrected chi connectivity index (χ3v) is 1.78. The molecule has 0 heterocycles. The maximum Gasteiger partial charge on any atom is 0.153 e. The van der Waals surface area contributed by atoms with Crippen LogP contribution in [0.5, 0.6) is 0 Å². The zero-order chi connectivity index (χ0) is 8.43. The van der Waals surface area contributed by atoms with Crippen LogP contribution in [-0.4, -0.2) is 6.29 Å². The van der Waals surface area contributed by atoms with Crippen molar-refractivity contribution >= 4 is 35.2 Å². The Hall–Kier alpha value is -0.730. The van der Waals surface area contributed by atoms with Gasteiger partial charge in [0, 0.05) is 10.7 Å². The summed E-state index contributed by atoms with van der Waals surface area (Å²) < 4.78 is 0. The van der Waals surface area contributed by atoms with Gasteiger partial charge in [-0.1, -0.05) is 23.2 Å². The van der Waals surface area contributed by atoms with Gasteiger partial charge in [-0.3, -0.25) is 4.79 Å². The maximum atomic E-state index is 10.4. The Morgan fingerprint density at radius 1 is 1.36 bits per heavy atom. The van der Waals surface area contributed by atoms with Gasteiger partial charge in [0.15, 0.2) is 6.29 Å². The van der Waals surface area contributed by atoms with Gasteiger partial charge in [-0.2, -0.15) is 0 Å². The highest BCUT2D eigenvalue weighted by Crippen LogP contribution is 2.25. The fourth-order valence-electron chi connectivity index (χ4n) is 0.729. The van der Waals surface area contributed by atoms with E-state index in [1.807, 2.05) is 0 Å². The Balaban J connectivity index is 3.36. The molecule has 4 heteroatoms. The van der Waals surface area contributed by atoms with Crippen LogP contribution in [0, 0.1) is 0 Å². The van der Waals surface area contributed by atoms with Gasteiger partial charge in [0.25, 0.3) is 0 Å². The molecule has 2 nitrogen and oxygen atoms in total. The van der Waals surface area contributed by atoms with Crippen LogP contribution < -0.4 is 5.73 Å². The Morgan fingerprint density at radius 3 is 2.45 bits per heavy atom. The summed E-state index contributed by atoms with van der Waals surface area (Å²) in [6.07, 6.45) is 0.605. The predicted molar refractivity (Wildman–Crippen MR) is 46.3 cm³/mol. The molecule has 0 atom stereocenters. The van der Waals surface area contributed by atoms with Gasteiger partial charge in [0.1, 0.15) is 0 Å². The monoisotopic (exact) mass is 189 g/mol. The second-order valence-corrected chi connectivity index (χ2v) is 2.85. The molecule has 0 fully saturated rings. The molecule has 0 radical (unpaired) electrons. The quantitative estimate of drug-likeness (QED) is 0.545. The second-order valence-electron chi connectivity index (χ2n) is 2.01. The van der Waals surface area contributed by atoms with E-state index in [4.69, 9.17) is 28.9 Å². The summed E-state index contributed by atoms with van der Waals surface area (Å²) in [6.45, 7) is 0. The van der Waals surface area contributed by atoms with E-state index < -0.39 is 0 Å². The summed E-state index contributed by atoms with van der Waals surface area (Å²) in [5.41, 5.74) is 6.02. The fraction of sp³-hybridized carbons (Fsp3) is 0. The first-order chi connectivity index (χ1) is 5.15. The van der Waals surface area contributed by atoms with Crippen molar-refractivity contribution in [3.05, 3.63) is 27.7 Å². The van der Waals surface area contributed by atoms with E-state index in [-0.39, 0.29) is 10.6 Å². The molecule has 58 valence electrons. The van der Waals surface area contributed by atoms with Crippen molar-refractivity contribution in [1.29, 1.82) is 0 Å². The normalized spacial score (nSPS) is 9.64. The van der Waals surface area contributed by atoms with E-state index in [1.54, 1.807) is 0 Å². The van der Waals surface area contributed by atoms with E-state index in [2.05, 4.69) is 0 Å². The number of nitrogens with two attached hydrogens (primary N) is 1. The van der Waals surface area contributed by atoms with Crippen molar-refractivity contribution in [3.8, 4) is 0 Å². The van der Waals surface area contributed by atoms with Crippen molar-refractivity contribution in [2.75, 3.05) is 5.73 Å². The summed E-state index contributed by atoms with van der Waals surface area (Å²) in [7, 11) is 0. The van der Waals surface area contributed by atoms with Crippen molar-refractivity contribution in [1.82, 2.24) is 0 Å². The number of halogens is 2. The lowest BCUT2D eigenvalue weighted by molar-refractivity contribution is 0.112. The third kappa shape index (κ3) is 1.64. The Bertz CT molecular complexity index is 275. The molecule has 0 aliphatic carbocycles. The van der Waals surface area contributed by atoms with Gasteiger partial charge in [-0.25, -0.2) is 0 Å². The molecule has 0 aromatic heterocycles. The Labute approximate surface area is 73.9 Å². The molecule has 11 heavy (non-hydrogen) atoms. The summed E-state index contributed by atoms with van der Waals surface area (Å²) in [5, 5.41) is 0.711. The van der Waals surface area contributed by atoms with Crippen LogP contribution in [0.15, 0.2) is 12.1 Å². The minimum atomic E-state index is 0.282. The summed E-state index contributed by atoms with van der Waals surface area (Å²) in [6, 6.07) is 2.96. The number of carbonyl (C=O) groups excluding carboxylic acids is 1. The third-order valence-electron chi connectivity index (χ3n) is 1.24. The van der Waals surface area contributed by atoms with Crippen molar-refractivity contribution in [2.45, 2.75) is 0 Å². The van der Waals surface area contributed by atoms with E-state index in [9.17, 15) is 4.79 Å². The summed E-state index contributed by atoms with van der Waals surface area (Å²) >= 11 is 11.2. The van der Waals surface area contributed by atoms with E-state index in [0.29, 0.717) is 17.0 Å². The van der Waals surface area contributed by atoms with Crippen molar-refractivity contribution < 1.29 is 4.79 Å². The molecule has 0 bridgehead atoms. The highest BCUT2D eigenvalue weighted by atomic mass is 35.5. The molecule has 1 rings (SSSR count). The molecular formula is C7H5Cl2NO. The first kappa shape index (κ1) is 8.37. The Morgan fingerprint density at radius 2 is 2.00 bits per heavy atom. The zero-order valence-corrected chi connectivity index (χ0v) is 6.99. The van der Waals surface area contributed by atoms with Gasteiger partial charge < -0.3 is 5.73 Å². The smallest absolute Gasteiger partial charge is 0.153 e. The number of hydrogen-bond acceptors (Lipinski definition) is 2. The molecule has 0 aliphatic rings. The number of aldehydes is 1. The van der Waals surface area contributed by atoms with E-state index in [0.717, 1.165) is 0 Å². The molecule has 0 unspecified atom stereocenters. The SMILES string of the molecule is Nc1cc(Cl)cc(Cl)c1C=O. The summed E-state index contributed by atoms with van der Waals surface area (Å²) in [4.78, 5) is 10.4. The molecule has 1 aromatic carbocycles. The van der Waals surface area contributed by atoms with E-state index in [1.165, 1.54) is 12.1 Å². The minimum Gasteiger partial charge on any atom is -0.398 e. The molecular weight excluding hydrogens is 185 g/mol. The molecule has 0 aliphatic heterocycles. The number of hydrogen-bond donors (Lipinski definition) is 1. The fourth-order valence-corrected chi connectivity index (χ4v) is 1.28. The average molecular weight is 190 g/mol. The molecule has 2 N–H and O–H groups in total. The van der Waals surface area contributed by atoms with E-state index >= 15 is 0 Å². The first-order valence-corrected chi connectivity index (χ1v) is 3.60. The van der Waals surface area contributed by atoms with Crippen molar-refractivity contribution in [3.63, 3.8) is 0 Å². The van der Waals surface area contributed by atoms with Crippen LogP contribution in [-0.2, 0) is 0 Å². The molecule has 0 amide bonds. The van der Waals surface area contributed by atoms with Crippen LogP contribution in [0.2, 0.25) is 10.0 Å². The van der Waals surface area contributed by atoms with Gasteiger partial charge >= 0.3 is 0 Å². The number of anilines is 1. The lowest BCUT2D eigenvalue weighted by Crippen LogP contribution is -1.93. The van der Waals surface area contributed by atoms with Gasteiger partial charge in [0.2, 0.25) is 0 Å². The van der Waals surface area contributed by atoms with Gasteiger partial charge in [-0.15, -0.1) is 0 Å². The zero-order valence-electron chi connectivity index (χ0n) is 5.47. The molecule has 0 saturated carbocycles. The number of nitrogen functional groups attached to an aromatic ring is 1. The largest absolute Gasteiger partial charge is 0.398 e. The number of carbonyl (C=O) groups is 1. The topological polar surface area (TPSA) is 43.1 Å². The van der Waals surface area contributed by atoms with Crippen LogP contribution in [0.1, 0.15) is 10.4 Å². The first-order valence-electron chi connectivity index (χ1n) is 2.85. The number of benzene rings is 1. The Kier molecular flexibility index (Phi) is 2.37. The average Bonchev–Trinajstić information content (AvgIpc) is 1.85. The van der Waals surface area contributed by atoms with Gasteiger partial charge in [-0.05, 0) is 12.1 Å². The predicted octanol–water partition coefficient (Wildman–Crippen LogP) is 2.39.